The summed E-state index contributed by atoms with van der Waals surface area (Å²) in [6.07, 6.45) is -0.299. The van der Waals surface area contributed by atoms with Crippen LogP contribution in [0.25, 0.3) is 0 Å². The zero-order chi connectivity index (χ0) is 19.5. The van der Waals surface area contributed by atoms with Crippen LogP contribution >= 0.6 is 0 Å². The molecule has 1 atom stereocenters. The predicted molar refractivity (Wildman–Crippen MR) is 98.9 cm³/mol. The van der Waals surface area contributed by atoms with Crippen molar-refractivity contribution in [3.8, 4) is 0 Å². The highest BCUT2D eigenvalue weighted by atomic mass is 19.4. The summed E-state index contributed by atoms with van der Waals surface area (Å²) in [5.41, 5.74) is 0. The van der Waals surface area contributed by atoms with Crippen LogP contribution in [0.15, 0.2) is 4.99 Å². The highest BCUT2D eigenvalue weighted by molar-refractivity contribution is 5.79. The number of aliphatic imine (C=N–C) groups is 1. The fourth-order valence-electron chi connectivity index (χ4n) is 3.48. The van der Waals surface area contributed by atoms with Gasteiger partial charge >= 0.3 is 6.18 Å². The van der Waals surface area contributed by atoms with E-state index in [2.05, 4.69) is 15.6 Å². The number of halogens is 3. The van der Waals surface area contributed by atoms with Gasteiger partial charge in [0.2, 0.25) is 0 Å². The number of likely N-dealkylation sites (tertiary alicyclic amines) is 1. The normalized spacial score (nSPS) is 23.0. The average Bonchev–Trinajstić information content (AvgIpc) is 3.06. The van der Waals surface area contributed by atoms with Gasteiger partial charge in [-0.2, -0.15) is 13.2 Å². The van der Waals surface area contributed by atoms with Crippen molar-refractivity contribution >= 4 is 5.96 Å². The van der Waals surface area contributed by atoms with Crippen molar-refractivity contribution in [2.45, 2.75) is 31.9 Å². The summed E-state index contributed by atoms with van der Waals surface area (Å²) in [5.74, 6) is 1.52. The fourth-order valence-corrected chi connectivity index (χ4v) is 3.48. The molecule has 9 heteroatoms. The third-order valence-corrected chi connectivity index (χ3v) is 5.01. The van der Waals surface area contributed by atoms with Crippen LogP contribution in [-0.4, -0.2) is 83.2 Å². The van der Waals surface area contributed by atoms with Crippen molar-refractivity contribution in [2.75, 3.05) is 66.2 Å². The van der Waals surface area contributed by atoms with E-state index < -0.39 is 12.7 Å². The first-order valence-corrected chi connectivity index (χ1v) is 9.85. The Morgan fingerprint density at radius 3 is 2.67 bits per heavy atom. The maximum Gasteiger partial charge on any atom is 0.401 e. The number of guanidine groups is 1. The maximum absolute atomic E-state index is 12.4. The van der Waals surface area contributed by atoms with E-state index in [0.29, 0.717) is 38.1 Å². The van der Waals surface area contributed by atoms with Crippen LogP contribution in [-0.2, 0) is 9.47 Å². The van der Waals surface area contributed by atoms with Gasteiger partial charge in [-0.3, -0.25) is 9.89 Å². The van der Waals surface area contributed by atoms with Gasteiger partial charge in [0.25, 0.3) is 0 Å². The molecule has 2 heterocycles. The van der Waals surface area contributed by atoms with Gasteiger partial charge in [-0.25, -0.2) is 0 Å². The summed E-state index contributed by atoms with van der Waals surface area (Å²) in [5, 5.41) is 6.44. The number of hydrogen-bond donors (Lipinski definition) is 2. The molecule has 2 aliphatic heterocycles. The summed E-state index contributed by atoms with van der Waals surface area (Å²) in [6, 6.07) is 0. The summed E-state index contributed by atoms with van der Waals surface area (Å²) in [7, 11) is 1.70. The second kappa shape index (κ2) is 11.7. The van der Waals surface area contributed by atoms with Crippen LogP contribution < -0.4 is 10.6 Å². The smallest absolute Gasteiger partial charge is 0.381 e. The highest BCUT2D eigenvalue weighted by Gasteiger charge is 2.34. The van der Waals surface area contributed by atoms with Gasteiger partial charge in [-0.1, -0.05) is 0 Å². The van der Waals surface area contributed by atoms with Crippen molar-refractivity contribution < 1.29 is 22.6 Å². The molecule has 6 nitrogen and oxygen atoms in total. The van der Waals surface area contributed by atoms with Gasteiger partial charge in [0.15, 0.2) is 5.96 Å². The van der Waals surface area contributed by atoms with E-state index in [-0.39, 0.29) is 5.92 Å². The maximum atomic E-state index is 12.4. The molecule has 2 fully saturated rings. The summed E-state index contributed by atoms with van der Waals surface area (Å²) in [4.78, 5) is 5.64. The van der Waals surface area contributed by atoms with Gasteiger partial charge in [-0.05, 0) is 44.1 Å². The second-order valence-corrected chi connectivity index (χ2v) is 7.37. The number of nitrogens with one attached hydrogen (secondary N) is 2. The standard InChI is InChI=1S/C18H33F3N4O2/c1-22-17(23-6-2-8-27-13-15-4-9-26-10-5-15)24-11-16-3-7-25(12-16)14-18(19,20)21/h15-16H,2-14H2,1H3,(H2,22,23,24). The molecule has 2 saturated heterocycles. The molecule has 0 saturated carbocycles. The van der Waals surface area contributed by atoms with E-state index in [0.717, 1.165) is 52.0 Å². The molecule has 0 aromatic heterocycles. The van der Waals surface area contributed by atoms with Crippen molar-refractivity contribution in [2.24, 2.45) is 16.8 Å². The molecule has 0 radical (unpaired) electrons. The number of nitrogens with zero attached hydrogens (tertiary/aromatic N) is 2. The predicted octanol–water partition coefficient (Wildman–Crippen LogP) is 1.87. The Kier molecular flexibility index (Phi) is 9.64. The SMILES string of the molecule is CN=C(NCCCOCC1CCOCC1)NCC1CCN(CC(F)(F)F)C1. The average molecular weight is 394 g/mol. The van der Waals surface area contributed by atoms with Gasteiger partial charge in [0.1, 0.15) is 0 Å². The first kappa shape index (κ1) is 22.2. The highest BCUT2D eigenvalue weighted by Crippen LogP contribution is 2.22. The van der Waals surface area contributed by atoms with Crippen LogP contribution in [0.3, 0.4) is 0 Å². The lowest BCUT2D eigenvalue weighted by molar-refractivity contribution is -0.143. The number of ether oxygens (including phenoxy) is 2. The monoisotopic (exact) mass is 394 g/mol. The molecule has 0 aliphatic carbocycles. The molecule has 2 N–H and O–H groups in total. The molecule has 1 unspecified atom stereocenters. The Morgan fingerprint density at radius 1 is 1.19 bits per heavy atom. The van der Waals surface area contributed by atoms with Crippen molar-refractivity contribution in [1.29, 1.82) is 0 Å². The molecule has 27 heavy (non-hydrogen) atoms. The zero-order valence-corrected chi connectivity index (χ0v) is 16.2. The largest absolute Gasteiger partial charge is 0.401 e. The number of hydrogen-bond acceptors (Lipinski definition) is 4. The third-order valence-electron chi connectivity index (χ3n) is 5.01. The van der Waals surface area contributed by atoms with Gasteiger partial charge < -0.3 is 20.1 Å². The number of rotatable bonds is 9. The minimum Gasteiger partial charge on any atom is -0.381 e. The Hall–Kier alpha value is -1.06. The first-order valence-electron chi connectivity index (χ1n) is 9.85. The van der Waals surface area contributed by atoms with E-state index in [1.807, 2.05) is 0 Å². The van der Waals surface area contributed by atoms with E-state index in [1.165, 1.54) is 4.90 Å². The summed E-state index contributed by atoms with van der Waals surface area (Å²) >= 11 is 0. The molecular weight excluding hydrogens is 361 g/mol. The second-order valence-electron chi connectivity index (χ2n) is 7.37. The van der Waals surface area contributed by atoms with Gasteiger partial charge in [0, 0.05) is 53.1 Å². The minimum absolute atomic E-state index is 0.216. The molecule has 158 valence electrons. The summed E-state index contributed by atoms with van der Waals surface area (Å²) in [6.45, 7) is 4.73. The summed E-state index contributed by atoms with van der Waals surface area (Å²) < 4.78 is 48.4. The van der Waals surface area contributed by atoms with Gasteiger partial charge in [-0.15, -0.1) is 0 Å². The Labute approximate surface area is 159 Å². The van der Waals surface area contributed by atoms with Crippen LogP contribution in [0.1, 0.15) is 25.7 Å². The van der Waals surface area contributed by atoms with E-state index in [4.69, 9.17) is 9.47 Å². The molecule has 0 aromatic rings. The van der Waals surface area contributed by atoms with Gasteiger partial charge in [0.05, 0.1) is 6.54 Å². The van der Waals surface area contributed by atoms with Crippen LogP contribution in [0.2, 0.25) is 0 Å². The molecule has 0 aromatic carbocycles. The fraction of sp³-hybridized carbons (Fsp3) is 0.944. The lowest BCUT2D eigenvalue weighted by Gasteiger charge is -2.21. The molecule has 0 amide bonds. The molecule has 0 spiro atoms. The van der Waals surface area contributed by atoms with E-state index in [1.54, 1.807) is 7.05 Å². The lowest BCUT2D eigenvalue weighted by Crippen LogP contribution is -2.41. The minimum atomic E-state index is -4.12. The van der Waals surface area contributed by atoms with E-state index in [9.17, 15) is 13.2 Å². The quantitative estimate of drug-likeness (QED) is 0.355. The third kappa shape index (κ3) is 9.62. The van der Waals surface area contributed by atoms with Crippen molar-refractivity contribution in [1.82, 2.24) is 15.5 Å². The molecule has 0 bridgehead atoms. The Balaban J connectivity index is 1.49. The number of alkyl halides is 3. The van der Waals surface area contributed by atoms with E-state index >= 15 is 0 Å². The zero-order valence-electron chi connectivity index (χ0n) is 16.2. The molecular formula is C18H33F3N4O2. The first-order chi connectivity index (χ1) is 13.0. The van der Waals surface area contributed by atoms with Crippen LogP contribution in [0, 0.1) is 11.8 Å². The van der Waals surface area contributed by atoms with Crippen molar-refractivity contribution in [3.05, 3.63) is 0 Å². The van der Waals surface area contributed by atoms with Crippen LogP contribution in [0.5, 0.6) is 0 Å². The Bertz CT molecular complexity index is 443. The molecule has 2 rings (SSSR count). The van der Waals surface area contributed by atoms with Crippen LogP contribution in [0.4, 0.5) is 13.2 Å². The van der Waals surface area contributed by atoms with Crippen molar-refractivity contribution in [3.63, 3.8) is 0 Å². The molecule has 2 aliphatic rings. The lowest BCUT2D eigenvalue weighted by atomic mass is 10.0. The topological polar surface area (TPSA) is 58.1 Å². The Morgan fingerprint density at radius 2 is 1.96 bits per heavy atom.